The fourth-order valence-electron chi connectivity index (χ4n) is 2.60. The second kappa shape index (κ2) is 8.82. The van der Waals surface area contributed by atoms with Gasteiger partial charge in [-0.1, -0.05) is 12.1 Å². The van der Waals surface area contributed by atoms with Crippen LogP contribution < -0.4 is 10.1 Å². The molecule has 2 rings (SSSR count). The van der Waals surface area contributed by atoms with Crippen LogP contribution in [0, 0.1) is 6.92 Å². The molecule has 5 nitrogen and oxygen atoms in total. The molecule has 1 atom stereocenters. The van der Waals surface area contributed by atoms with Gasteiger partial charge in [0.05, 0.1) is 12.6 Å². The van der Waals surface area contributed by atoms with Crippen molar-refractivity contribution >= 4 is 6.03 Å². The zero-order valence-corrected chi connectivity index (χ0v) is 14.2. The van der Waals surface area contributed by atoms with Gasteiger partial charge < -0.3 is 15.0 Å². The first kappa shape index (κ1) is 18.4. The van der Waals surface area contributed by atoms with Gasteiger partial charge in [-0.25, -0.2) is 13.6 Å². The van der Waals surface area contributed by atoms with Crippen LogP contribution in [0.2, 0.25) is 0 Å². The summed E-state index contributed by atoms with van der Waals surface area (Å²) >= 11 is 0. The third kappa shape index (κ3) is 5.96. The lowest BCUT2D eigenvalue weighted by Gasteiger charge is -2.35. The van der Waals surface area contributed by atoms with Crippen molar-refractivity contribution in [1.29, 1.82) is 0 Å². The van der Waals surface area contributed by atoms with Crippen molar-refractivity contribution in [2.75, 3.05) is 39.3 Å². The number of ether oxygens (including phenoxy) is 1. The standard InChI is InChI=1S/C17H25F2N3O2/c1-13-4-3-5-15(10-13)24-12-14(2)20-17(23)22-8-6-21(7-9-22)11-16(18)19/h3-5,10,14,16H,6-9,11-12H2,1-2H3,(H,20,23)/t14-/m0/s1. The van der Waals surface area contributed by atoms with Crippen molar-refractivity contribution in [3.8, 4) is 5.75 Å². The summed E-state index contributed by atoms with van der Waals surface area (Å²) in [6.45, 7) is 5.90. The maximum Gasteiger partial charge on any atom is 0.317 e. The predicted molar refractivity (Wildman–Crippen MR) is 88.7 cm³/mol. The summed E-state index contributed by atoms with van der Waals surface area (Å²) in [7, 11) is 0. The highest BCUT2D eigenvalue weighted by Gasteiger charge is 2.23. The SMILES string of the molecule is Cc1cccc(OC[C@H](C)NC(=O)N2CCN(CC(F)F)CC2)c1. The smallest absolute Gasteiger partial charge is 0.317 e. The van der Waals surface area contributed by atoms with E-state index in [1.54, 1.807) is 9.80 Å². The lowest BCUT2D eigenvalue weighted by Crippen LogP contribution is -2.54. The predicted octanol–water partition coefficient (Wildman–Crippen LogP) is 2.35. The number of nitrogens with zero attached hydrogens (tertiary/aromatic N) is 2. The van der Waals surface area contributed by atoms with E-state index in [9.17, 15) is 13.6 Å². The van der Waals surface area contributed by atoms with Gasteiger partial charge >= 0.3 is 6.03 Å². The molecule has 134 valence electrons. The van der Waals surface area contributed by atoms with Crippen LogP contribution in [-0.4, -0.2) is 67.6 Å². The fourth-order valence-corrected chi connectivity index (χ4v) is 2.60. The second-order valence-corrected chi connectivity index (χ2v) is 6.16. The number of hydrogen-bond donors (Lipinski definition) is 1. The van der Waals surface area contributed by atoms with Gasteiger partial charge in [0.1, 0.15) is 12.4 Å². The minimum absolute atomic E-state index is 0.142. The molecule has 1 aliphatic rings. The average molecular weight is 341 g/mol. The molecule has 1 fully saturated rings. The molecule has 1 aromatic carbocycles. The Kier molecular flexibility index (Phi) is 6.78. The van der Waals surface area contributed by atoms with E-state index in [1.165, 1.54) is 0 Å². The second-order valence-electron chi connectivity index (χ2n) is 6.16. The number of rotatable bonds is 6. The van der Waals surface area contributed by atoms with Crippen molar-refractivity contribution in [2.45, 2.75) is 26.3 Å². The minimum atomic E-state index is -2.33. The summed E-state index contributed by atoms with van der Waals surface area (Å²) < 4.78 is 30.4. The number of urea groups is 1. The van der Waals surface area contributed by atoms with E-state index in [4.69, 9.17) is 4.74 Å². The number of halogens is 2. The Hall–Kier alpha value is -1.89. The van der Waals surface area contributed by atoms with Crippen molar-refractivity contribution < 1.29 is 18.3 Å². The van der Waals surface area contributed by atoms with E-state index >= 15 is 0 Å². The Balaban J connectivity index is 1.70. The minimum Gasteiger partial charge on any atom is -0.491 e. The highest BCUT2D eigenvalue weighted by Crippen LogP contribution is 2.12. The van der Waals surface area contributed by atoms with Gasteiger partial charge in [0.15, 0.2) is 0 Å². The molecular weight excluding hydrogens is 316 g/mol. The van der Waals surface area contributed by atoms with Crippen LogP contribution in [0.3, 0.4) is 0 Å². The molecule has 0 aromatic heterocycles. The molecule has 0 unspecified atom stereocenters. The molecule has 0 aliphatic carbocycles. The first-order chi connectivity index (χ1) is 11.4. The van der Waals surface area contributed by atoms with Gasteiger partial charge in [-0.3, -0.25) is 4.90 Å². The van der Waals surface area contributed by atoms with E-state index in [0.29, 0.717) is 32.8 Å². The molecular formula is C17H25F2N3O2. The van der Waals surface area contributed by atoms with Crippen LogP contribution in [0.25, 0.3) is 0 Å². The summed E-state index contributed by atoms with van der Waals surface area (Å²) in [6, 6.07) is 7.42. The molecule has 0 saturated carbocycles. The number of piperazine rings is 1. The summed E-state index contributed by atoms with van der Waals surface area (Å²) in [6.07, 6.45) is -2.33. The molecule has 0 radical (unpaired) electrons. The summed E-state index contributed by atoms with van der Waals surface area (Å²) in [4.78, 5) is 15.5. The maximum atomic E-state index is 12.3. The number of alkyl halides is 2. The topological polar surface area (TPSA) is 44.8 Å². The van der Waals surface area contributed by atoms with Gasteiger partial charge in [0, 0.05) is 26.2 Å². The highest BCUT2D eigenvalue weighted by atomic mass is 19.3. The van der Waals surface area contributed by atoms with Crippen molar-refractivity contribution in [3.63, 3.8) is 0 Å². The van der Waals surface area contributed by atoms with E-state index in [2.05, 4.69) is 5.32 Å². The normalized spacial score (nSPS) is 17.0. The number of benzene rings is 1. The number of nitrogens with one attached hydrogen (secondary N) is 1. The summed E-state index contributed by atoms with van der Waals surface area (Å²) in [5.74, 6) is 0.775. The zero-order chi connectivity index (χ0) is 17.5. The average Bonchev–Trinajstić information content (AvgIpc) is 2.53. The van der Waals surface area contributed by atoms with Crippen LogP contribution in [0.1, 0.15) is 12.5 Å². The van der Waals surface area contributed by atoms with E-state index in [0.717, 1.165) is 11.3 Å². The molecule has 1 aromatic rings. The van der Waals surface area contributed by atoms with Gasteiger partial charge in [0.2, 0.25) is 0 Å². The first-order valence-electron chi connectivity index (χ1n) is 8.19. The molecule has 0 bridgehead atoms. The Bertz CT molecular complexity index is 534. The van der Waals surface area contributed by atoms with Crippen LogP contribution in [0.15, 0.2) is 24.3 Å². The van der Waals surface area contributed by atoms with E-state index in [1.807, 2.05) is 38.1 Å². The number of amides is 2. The van der Waals surface area contributed by atoms with Crippen LogP contribution >= 0.6 is 0 Å². The van der Waals surface area contributed by atoms with Gasteiger partial charge in [0.25, 0.3) is 6.43 Å². The molecule has 1 heterocycles. The maximum absolute atomic E-state index is 12.3. The molecule has 2 amide bonds. The third-order valence-electron chi connectivity index (χ3n) is 3.92. The summed E-state index contributed by atoms with van der Waals surface area (Å²) in [5.41, 5.74) is 1.12. The van der Waals surface area contributed by atoms with Gasteiger partial charge in [-0.05, 0) is 31.5 Å². The van der Waals surface area contributed by atoms with Gasteiger partial charge in [-0.15, -0.1) is 0 Å². The zero-order valence-electron chi connectivity index (χ0n) is 14.2. The molecule has 24 heavy (non-hydrogen) atoms. The monoisotopic (exact) mass is 341 g/mol. The number of aryl methyl sites for hydroxylation is 1. The largest absolute Gasteiger partial charge is 0.491 e. The Labute approximate surface area is 141 Å². The van der Waals surface area contributed by atoms with Crippen molar-refractivity contribution in [1.82, 2.24) is 15.1 Å². The third-order valence-corrected chi connectivity index (χ3v) is 3.92. The van der Waals surface area contributed by atoms with Crippen LogP contribution in [0.4, 0.5) is 13.6 Å². The quantitative estimate of drug-likeness (QED) is 0.864. The Morgan fingerprint density at radius 1 is 1.29 bits per heavy atom. The first-order valence-corrected chi connectivity index (χ1v) is 8.19. The Morgan fingerprint density at radius 2 is 2.00 bits per heavy atom. The van der Waals surface area contributed by atoms with Gasteiger partial charge in [-0.2, -0.15) is 0 Å². The highest BCUT2D eigenvalue weighted by molar-refractivity contribution is 5.74. The molecule has 0 spiro atoms. The molecule has 1 saturated heterocycles. The fraction of sp³-hybridized carbons (Fsp3) is 0.588. The molecule has 1 N–H and O–H groups in total. The number of carbonyl (C=O) groups excluding carboxylic acids is 1. The Morgan fingerprint density at radius 3 is 2.62 bits per heavy atom. The number of carbonyl (C=O) groups is 1. The molecule has 7 heteroatoms. The lowest BCUT2D eigenvalue weighted by atomic mass is 10.2. The van der Waals surface area contributed by atoms with Crippen LogP contribution in [0.5, 0.6) is 5.75 Å². The van der Waals surface area contributed by atoms with Crippen LogP contribution in [-0.2, 0) is 0 Å². The van der Waals surface area contributed by atoms with Crippen molar-refractivity contribution in [3.05, 3.63) is 29.8 Å². The van der Waals surface area contributed by atoms with E-state index < -0.39 is 6.43 Å². The van der Waals surface area contributed by atoms with E-state index in [-0.39, 0.29) is 18.6 Å². The molecule has 1 aliphatic heterocycles. The van der Waals surface area contributed by atoms with Crippen molar-refractivity contribution in [2.24, 2.45) is 0 Å². The number of hydrogen-bond acceptors (Lipinski definition) is 3. The lowest BCUT2D eigenvalue weighted by molar-refractivity contribution is 0.0631. The summed E-state index contributed by atoms with van der Waals surface area (Å²) in [5, 5.41) is 2.89.